The molecule has 0 saturated heterocycles. The predicted molar refractivity (Wildman–Crippen MR) is 63.9 cm³/mol. The number of ether oxygens (including phenoxy) is 1. The molecule has 0 fully saturated rings. The Labute approximate surface area is 94.6 Å². The van der Waals surface area contributed by atoms with Crippen LogP contribution in [0.2, 0.25) is 0 Å². The maximum Gasteiger partial charge on any atom is 0.133 e. The Balaban J connectivity index is 2.67. The molecule has 0 heterocycles. The standard InChI is InChI=1S/C12H17BrO/c1-4-5-10(3)14-12-7-6-9(2)8-11(12)13/h6-8,10H,4-5H2,1-3H3. The number of hydrogen-bond acceptors (Lipinski definition) is 1. The first kappa shape index (κ1) is 11.6. The smallest absolute Gasteiger partial charge is 0.133 e. The first-order valence-electron chi connectivity index (χ1n) is 5.06. The summed E-state index contributed by atoms with van der Waals surface area (Å²) in [6, 6.07) is 6.17. The monoisotopic (exact) mass is 256 g/mol. The molecule has 1 rings (SSSR count). The molecule has 14 heavy (non-hydrogen) atoms. The van der Waals surface area contributed by atoms with Crippen molar-refractivity contribution < 1.29 is 4.74 Å². The largest absolute Gasteiger partial charge is 0.490 e. The average molecular weight is 257 g/mol. The van der Waals surface area contributed by atoms with Crippen LogP contribution in [0.1, 0.15) is 32.3 Å². The summed E-state index contributed by atoms with van der Waals surface area (Å²) >= 11 is 3.50. The minimum Gasteiger partial charge on any atom is -0.490 e. The Bertz CT molecular complexity index is 296. The normalized spacial score (nSPS) is 12.6. The highest BCUT2D eigenvalue weighted by Crippen LogP contribution is 2.27. The third kappa shape index (κ3) is 3.33. The van der Waals surface area contributed by atoms with E-state index < -0.39 is 0 Å². The van der Waals surface area contributed by atoms with Gasteiger partial charge in [0.15, 0.2) is 0 Å². The summed E-state index contributed by atoms with van der Waals surface area (Å²) in [5, 5.41) is 0. The Kier molecular flexibility index (Phi) is 4.46. The highest BCUT2D eigenvalue weighted by atomic mass is 79.9. The van der Waals surface area contributed by atoms with Gasteiger partial charge in [0.2, 0.25) is 0 Å². The summed E-state index contributed by atoms with van der Waals surface area (Å²) in [6.07, 6.45) is 2.55. The van der Waals surface area contributed by atoms with Crippen molar-refractivity contribution >= 4 is 15.9 Å². The molecule has 0 aliphatic rings. The predicted octanol–water partition coefficient (Wildman–Crippen LogP) is 4.32. The molecule has 1 nitrogen and oxygen atoms in total. The first-order chi connectivity index (χ1) is 6.63. The van der Waals surface area contributed by atoms with Gasteiger partial charge in [0.1, 0.15) is 5.75 Å². The van der Waals surface area contributed by atoms with Gasteiger partial charge in [-0.25, -0.2) is 0 Å². The van der Waals surface area contributed by atoms with Crippen molar-refractivity contribution in [3.8, 4) is 5.75 Å². The molecule has 78 valence electrons. The molecule has 1 unspecified atom stereocenters. The fourth-order valence-electron chi connectivity index (χ4n) is 1.38. The number of halogens is 1. The van der Waals surface area contributed by atoms with Gasteiger partial charge in [0.05, 0.1) is 10.6 Å². The van der Waals surface area contributed by atoms with Crippen molar-refractivity contribution in [3.05, 3.63) is 28.2 Å². The van der Waals surface area contributed by atoms with Crippen molar-refractivity contribution in [2.24, 2.45) is 0 Å². The van der Waals surface area contributed by atoms with E-state index in [4.69, 9.17) is 4.74 Å². The second-order valence-corrected chi connectivity index (χ2v) is 4.51. The SMILES string of the molecule is CCCC(C)Oc1ccc(C)cc1Br. The molecular formula is C12H17BrO. The Morgan fingerprint density at radius 1 is 1.43 bits per heavy atom. The molecule has 2 heteroatoms. The molecule has 0 aliphatic carbocycles. The number of hydrogen-bond donors (Lipinski definition) is 0. The second-order valence-electron chi connectivity index (χ2n) is 3.65. The van der Waals surface area contributed by atoms with Crippen molar-refractivity contribution in [1.82, 2.24) is 0 Å². The van der Waals surface area contributed by atoms with Gasteiger partial charge in [-0.05, 0) is 53.9 Å². The molecular weight excluding hydrogens is 240 g/mol. The summed E-state index contributed by atoms with van der Waals surface area (Å²) in [5.41, 5.74) is 1.24. The van der Waals surface area contributed by atoms with Gasteiger partial charge in [0.25, 0.3) is 0 Å². The van der Waals surface area contributed by atoms with Crippen LogP contribution >= 0.6 is 15.9 Å². The zero-order valence-corrected chi connectivity index (χ0v) is 10.6. The molecule has 0 spiro atoms. The molecule has 0 radical (unpaired) electrons. The van der Waals surface area contributed by atoms with Crippen molar-refractivity contribution in [3.63, 3.8) is 0 Å². The second kappa shape index (κ2) is 5.40. The lowest BCUT2D eigenvalue weighted by molar-refractivity contribution is 0.208. The van der Waals surface area contributed by atoms with Crippen LogP contribution in [-0.4, -0.2) is 6.10 Å². The van der Waals surface area contributed by atoms with Gasteiger partial charge in [0, 0.05) is 0 Å². The number of benzene rings is 1. The van der Waals surface area contributed by atoms with Gasteiger partial charge < -0.3 is 4.74 Å². The van der Waals surface area contributed by atoms with E-state index in [1.807, 2.05) is 6.07 Å². The maximum absolute atomic E-state index is 5.79. The van der Waals surface area contributed by atoms with E-state index in [1.54, 1.807) is 0 Å². The molecule has 1 aromatic carbocycles. The fraction of sp³-hybridized carbons (Fsp3) is 0.500. The van der Waals surface area contributed by atoms with Gasteiger partial charge in [-0.3, -0.25) is 0 Å². The zero-order valence-electron chi connectivity index (χ0n) is 9.01. The van der Waals surface area contributed by atoms with Gasteiger partial charge >= 0.3 is 0 Å². The Morgan fingerprint density at radius 2 is 2.14 bits per heavy atom. The molecule has 0 N–H and O–H groups in total. The van der Waals surface area contributed by atoms with Gasteiger partial charge in [-0.1, -0.05) is 19.4 Å². The summed E-state index contributed by atoms with van der Waals surface area (Å²) in [6.45, 7) is 6.35. The third-order valence-electron chi connectivity index (χ3n) is 2.11. The molecule has 0 aliphatic heterocycles. The van der Waals surface area contributed by atoms with Crippen molar-refractivity contribution in [1.29, 1.82) is 0 Å². The van der Waals surface area contributed by atoms with Crippen molar-refractivity contribution in [2.45, 2.75) is 39.7 Å². The van der Waals surface area contributed by atoms with E-state index in [1.165, 1.54) is 5.56 Å². The lowest BCUT2D eigenvalue weighted by Crippen LogP contribution is -2.11. The molecule has 1 atom stereocenters. The van der Waals surface area contributed by atoms with Crippen molar-refractivity contribution in [2.75, 3.05) is 0 Å². The summed E-state index contributed by atoms with van der Waals surface area (Å²) in [5.74, 6) is 0.941. The van der Waals surface area contributed by atoms with Crippen LogP contribution in [0.15, 0.2) is 22.7 Å². The lowest BCUT2D eigenvalue weighted by atomic mass is 10.2. The van der Waals surface area contributed by atoms with Crippen LogP contribution in [0.4, 0.5) is 0 Å². The Morgan fingerprint density at radius 3 is 2.71 bits per heavy atom. The molecule has 1 aromatic rings. The van der Waals surface area contributed by atoms with Crippen LogP contribution in [0.25, 0.3) is 0 Å². The summed E-state index contributed by atoms with van der Waals surface area (Å²) in [7, 11) is 0. The quantitative estimate of drug-likeness (QED) is 0.780. The number of rotatable bonds is 4. The molecule has 0 aromatic heterocycles. The number of aryl methyl sites for hydroxylation is 1. The van der Waals surface area contributed by atoms with E-state index in [0.717, 1.165) is 23.1 Å². The summed E-state index contributed by atoms with van der Waals surface area (Å²) in [4.78, 5) is 0. The fourth-order valence-corrected chi connectivity index (χ4v) is 1.97. The maximum atomic E-state index is 5.79. The van der Waals surface area contributed by atoms with Gasteiger partial charge in [-0.2, -0.15) is 0 Å². The van der Waals surface area contributed by atoms with E-state index in [-0.39, 0.29) is 0 Å². The highest BCUT2D eigenvalue weighted by molar-refractivity contribution is 9.10. The van der Waals surface area contributed by atoms with Gasteiger partial charge in [-0.15, -0.1) is 0 Å². The first-order valence-corrected chi connectivity index (χ1v) is 5.85. The highest BCUT2D eigenvalue weighted by Gasteiger charge is 2.05. The summed E-state index contributed by atoms with van der Waals surface area (Å²) < 4.78 is 6.84. The van der Waals surface area contributed by atoms with E-state index in [9.17, 15) is 0 Å². The average Bonchev–Trinajstić information content (AvgIpc) is 2.10. The van der Waals surface area contributed by atoms with Crippen LogP contribution in [0, 0.1) is 6.92 Å². The van der Waals surface area contributed by atoms with Crippen LogP contribution < -0.4 is 4.74 Å². The minimum atomic E-state index is 0.291. The van der Waals surface area contributed by atoms with Crippen LogP contribution in [0.5, 0.6) is 5.75 Å². The molecule has 0 bridgehead atoms. The van der Waals surface area contributed by atoms with Crippen LogP contribution in [0.3, 0.4) is 0 Å². The van der Waals surface area contributed by atoms with E-state index in [0.29, 0.717) is 6.10 Å². The third-order valence-corrected chi connectivity index (χ3v) is 2.73. The minimum absolute atomic E-state index is 0.291. The molecule has 0 saturated carbocycles. The zero-order chi connectivity index (χ0) is 10.6. The lowest BCUT2D eigenvalue weighted by Gasteiger charge is -2.15. The van der Waals surface area contributed by atoms with E-state index >= 15 is 0 Å². The topological polar surface area (TPSA) is 9.23 Å². The van der Waals surface area contributed by atoms with Crippen LogP contribution in [-0.2, 0) is 0 Å². The Hall–Kier alpha value is -0.500. The van der Waals surface area contributed by atoms with E-state index in [2.05, 4.69) is 48.8 Å². The molecule has 0 amide bonds.